The second kappa shape index (κ2) is 10.0. The maximum absolute atomic E-state index is 13.2. The predicted molar refractivity (Wildman–Crippen MR) is 129 cm³/mol. The summed E-state index contributed by atoms with van der Waals surface area (Å²) < 4.78 is 1.92. The molecule has 0 spiro atoms. The van der Waals surface area contributed by atoms with E-state index in [0.717, 1.165) is 17.1 Å². The zero-order chi connectivity index (χ0) is 23.3. The Bertz CT molecular complexity index is 1090. The van der Waals surface area contributed by atoms with E-state index in [1.54, 1.807) is 4.90 Å². The summed E-state index contributed by atoms with van der Waals surface area (Å²) in [6.07, 6.45) is 0.274. The van der Waals surface area contributed by atoms with Gasteiger partial charge in [-0.2, -0.15) is 5.26 Å². The zero-order valence-electron chi connectivity index (χ0n) is 19.2. The molecule has 1 unspecified atom stereocenters. The SMILES string of the molecule is CC(Sc1nnc(-c2ccc(C(C)(C)C)cc2)n1C)C(=O)N(CCC#N)c1ccccc1. The van der Waals surface area contributed by atoms with Gasteiger partial charge in [0.15, 0.2) is 11.0 Å². The lowest BCUT2D eigenvalue weighted by molar-refractivity contribution is -0.117. The third-order valence-electron chi connectivity index (χ3n) is 5.26. The van der Waals surface area contributed by atoms with Crippen LogP contribution in [0, 0.1) is 11.3 Å². The minimum absolute atomic E-state index is 0.0597. The molecule has 0 bridgehead atoms. The molecule has 1 atom stereocenters. The van der Waals surface area contributed by atoms with Crippen molar-refractivity contribution in [2.45, 2.75) is 49.9 Å². The van der Waals surface area contributed by atoms with Crippen molar-refractivity contribution in [2.24, 2.45) is 7.05 Å². The topological polar surface area (TPSA) is 74.8 Å². The predicted octanol–water partition coefficient (Wildman–Crippen LogP) is 5.21. The average Bonchev–Trinajstić information content (AvgIpc) is 3.14. The van der Waals surface area contributed by atoms with Crippen molar-refractivity contribution in [3.8, 4) is 17.5 Å². The molecule has 0 saturated carbocycles. The lowest BCUT2D eigenvalue weighted by Crippen LogP contribution is -2.37. The first-order valence-corrected chi connectivity index (χ1v) is 11.5. The summed E-state index contributed by atoms with van der Waals surface area (Å²) in [7, 11) is 1.91. The molecule has 1 heterocycles. The molecular weight excluding hydrogens is 418 g/mol. The Labute approximate surface area is 194 Å². The minimum atomic E-state index is -0.382. The van der Waals surface area contributed by atoms with E-state index in [4.69, 9.17) is 5.26 Å². The Hall–Kier alpha value is -3.11. The summed E-state index contributed by atoms with van der Waals surface area (Å²) in [5.41, 5.74) is 3.12. The molecule has 1 amide bonds. The molecule has 7 heteroatoms. The van der Waals surface area contributed by atoms with Gasteiger partial charge in [-0.15, -0.1) is 10.2 Å². The number of aromatic nitrogens is 3. The highest BCUT2D eigenvalue weighted by molar-refractivity contribution is 8.00. The number of thioether (sulfide) groups is 1. The van der Waals surface area contributed by atoms with Crippen LogP contribution in [0.15, 0.2) is 59.8 Å². The number of carbonyl (C=O) groups excluding carboxylic acids is 1. The van der Waals surface area contributed by atoms with Crippen LogP contribution in [0.5, 0.6) is 0 Å². The first kappa shape index (κ1) is 23.6. The number of benzene rings is 2. The third-order valence-corrected chi connectivity index (χ3v) is 6.38. The van der Waals surface area contributed by atoms with Crippen molar-refractivity contribution < 1.29 is 4.79 Å². The quantitative estimate of drug-likeness (QED) is 0.465. The van der Waals surface area contributed by atoms with Crippen LogP contribution in [0.2, 0.25) is 0 Å². The molecule has 6 nitrogen and oxygen atoms in total. The highest BCUT2D eigenvalue weighted by Crippen LogP contribution is 2.29. The molecule has 32 heavy (non-hydrogen) atoms. The summed E-state index contributed by atoms with van der Waals surface area (Å²) >= 11 is 1.37. The van der Waals surface area contributed by atoms with Gasteiger partial charge < -0.3 is 9.47 Å². The molecule has 0 aliphatic heterocycles. The number of nitriles is 1. The van der Waals surface area contributed by atoms with Gasteiger partial charge in [-0.05, 0) is 30.0 Å². The molecule has 3 aromatic rings. The number of para-hydroxylation sites is 1. The molecule has 2 aromatic carbocycles. The fourth-order valence-corrected chi connectivity index (χ4v) is 4.23. The van der Waals surface area contributed by atoms with Crippen LogP contribution in [-0.4, -0.2) is 32.5 Å². The van der Waals surface area contributed by atoms with E-state index in [2.05, 4.69) is 61.3 Å². The smallest absolute Gasteiger partial charge is 0.240 e. The Morgan fingerprint density at radius 3 is 2.38 bits per heavy atom. The first-order valence-electron chi connectivity index (χ1n) is 10.6. The van der Waals surface area contributed by atoms with E-state index in [-0.39, 0.29) is 23.0 Å². The Morgan fingerprint density at radius 1 is 1.12 bits per heavy atom. The molecule has 0 fully saturated rings. The number of nitrogens with zero attached hydrogens (tertiary/aromatic N) is 5. The van der Waals surface area contributed by atoms with Crippen LogP contribution < -0.4 is 4.90 Å². The zero-order valence-corrected chi connectivity index (χ0v) is 20.1. The summed E-state index contributed by atoms with van der Waals surface area (Å²) in [6, 6.07) is 19.9. The second-order valence-electron chi connectivity index (χ2n) is 8.69. The van der Waals surface area contributed by atoms with Crippen LogP contribution in [0.4, 0.5) is 5.69 Å². The monoisotopic (exact) mass is 447 g/mol. The van der Waals surface area contributed by atoms with E-state index in [0.29, 0.717) is 11.7 Å². The van der Waals surface area contributed by atoms with Crippen LogP contribution in [0.1, 0.15) is 39.7 Å². The summed E-state index contributed by atoms with van der Waals surface area (Å²) in [6.45, 7) is 8.78. The molecule has 3 rings (SSSR count). The van der Waals surface area contributed by atoms with Gasteiger partial charge in [0.25, 0.3) is 0 Å². The summed E-state index contributed by atoms with van der Waals surface area (Å²) in [5, 5.41) is 18.0. The Morgan fingerprint density at radius 2 is 1.78 bits per heavy atom. The molecule has 1 aromatic heterocycles. The Kier molecular flexibility index (Phi) is 7.37. The van der Waals surface area contributed by atoms with Crippen molar-refractivity contribution in [1.82, 2.24) is 14.8 Å². The van der Waals surface area contributed by atoms with E-state index < -0.39 is 0 Å². The van der Waals surface area contributed by atoms with Crippen molar-refractivity contribution in [3.05, 3.63) is 60.2 Å². The number of rotatable bonds is 7. The van der Waals surface area contributed by atoms with Gasteiger partial charge in [0.1, 0.15) is 0 Å². The van der Waals surface area contributed by atoms with Crippen molar-refractivity contribution >= 4 is 23.4 Å². The second-order valence-corrected chi connectivity index (χ2v) is 9.99. The maximum atomic E-state index is 13.2. The van der Waals surface area contributed by atoms with Gasteiger partial charge in [-0.1, -0.05) is 75.0 Å². The lowest BCUT2D eigenvalue weighted by atomic mass is 9.87. The number of anilines is 1. The van der Waals surface area contributed by atoms with Gasteiger partial charge in [0.2, 0.25) is 5.91 Å². The summed E-state index contributed by atoms with van der Waals surface area (Å²) in [4.78, 5) is 14.9. The molecule has 0 aliphatic carbocycles. The molecule has 0 N–H and O–H groups in total. The van der Waals surface area contributed by atoms with Crippen molar-refractivity contribution in [3.63, 3.8) is 0 Å². The number of hydrogen-bond acceptors (Lipinski definition) is 5. The van der Waals surface area contributed by atoms with Gasteiger partial charge in [0.05, 0.1) is 17.7 Å². The highest BCUT2D eigenvalue weighted by atomic mass is 32.2. The van der Waals surface area contributed by atoms with Crippen LogP contribution in [0.25, 0.3) is 11.4 Å². The molecule has 166 valence electrons. The molecule has 0 saturated heterocycles. The maximum Gasteiger partial charge on any atom is 0.240 e. The number of hydrogen-bond donors (Lipinski definition) is 0. The van der Waals surface area contributed by atoms with E-state index in [9.17, 15) is 4.79 Å². The van der Waals surface area contributed by atoms with E-state index in [1.165, 1.54) is 17.3 Å². The fourth-order valence-electron chi connectivity index (χ4n) is 3.35. The molecule has 0 radical (unpaired) electrons. The highest BCUT2D eigenvalue weighted by Gasteiger charge is 2.25. The van der Waals surface area contributed by atoms with Gasteiger partial charge in [0, 0.05) is 24.8 Å². The first-order chi connectivity index (χ1) is 15.2. The number of carbonyl (C=O) groups is 1. The van der Waals surface area contributed by atoms with Gasteiger partial charge in [-0.3, -0.25) is 4.79 Å². The van der Waals surface area contributed by atoms with Crippen LogP contribution >= 0.6 is 11.8 Å². The van der Waals surface area contributed by atoms with E-state index >= 15 is 0 Å². The summed E-state index contributed by atoms with van der Waals surface area (Å²) in [5.74, 6) is 0.701. The van der Waals surface area contributed by atoms with E-state index in [1.807, 2.05) is 48.9 Å². The average molecular weight is 448 g/mol. The minimum Gasteiger partial charge on any atom is -0.310 e. The number of amides is 1. The largest absolute Gasteiger partial charge is 0.310 e. The van der Waals surface area contributed by atoms with Gasteiger partial charge in [-0.25, -0.2) is 0 Å². The molecular formula is C25H29N5OS. The van der Waals surface area contributed by atoms with Crippen LogP contribution in [0.3, 0.4) is 0 Å². The fraction of sp³-hybridized carbons (Fsp3) is 0.360. The van der Waals surface area contributed by atoms with Crippen LogP contribution in [-0.2, 0) is 17.3 Å². The van der Waals surface area contributed by atoms with Crippen molar-refractivity contribution in [1.29, 1.82) is 5.26 Å². The molecule has 0 aliphatic rings. The third kappa shape index (κ3) is 5.38. The van der Waals surface area contributed by atoms with Gasteiger partial charge >= 0.3 is 0 Å². The standard InChI is InChI=1S/C25H29N5OS/c1-18(23(31)30(17-9-16-26)21-10-7-6-8-11-21)32-24-28-27-22(29(24)5)19-12-14-20(15-13-19)25(2,3)4/h6-8,10-15,18H,9,17H2,1-5H3. The van der Waals surface area contributed by atoms with Crippen molar-refractivity contribution in [2.75, 3.05) is 11.4 Å². The lowest BCUT2D eigenvalue weighted by Gasteiger charge is -2.24. The normalized spacial score (nSPS) is 12.2. The Balaban J connectivity index is 1.78.